The highest BCUT2D eigenvalue weighted by Crippen LogP contribution is 2.25. The molecular weight excluding hydrogens is 228 g/mol. The van der Waals surface area contributed by atoms with Gasteiger partial charge in [0.1, 0.15) is 5.75 Å². The van der Waals surface area contributed by atoms with Gasteiger partial charge in [0.15, 0.2) is 0 Å². The molecule has 0 amide bonds. The Bertz CT molecular complexity index is 343. The second kappa shape index (κ2) is 8.64. The molecule has 3 N–H and O–H groups in total. The lowest BCUT2D eigenvalue weighted by Gasteiger charge is -2.11. The van der Waals surface area contributed by atoms with E-state index in [4.69, 9.17) is 15.2 Å². The van der Waals surface area contributed by atoms with E-state index in [2.05, 4.69) is 12.2 Å². The fourth-order valence-electron chi connectivity index (χ4n) is 1.59. The van der Waals surface area contributed by atoms with Crippen LogP contribution in [0.4, 0.5) is 11.4 Å². The summed E-state index contributed by atoms with van der Waals surface area (Å²) in [5.41, 5.74) is 7.59. The maximum atomic E-state index is 5.86. The number of nitrogens with one attached hydrogen (secondary N) is 1. The maximum absolute atomic E-state index is 5.86. The zero-order valence-electron chi connectivity index (χ0n) is 11.4. The van der Waals surface area contributed by atoms with E-state index in [0.717, 1.165) is 43.9 Å². The third kappa shape index (κ3) is 5.27. The molecule has 0 aromatic heterocycles. The van der Waals surface area contributed by atoms with Crippen molar-refractivity contribution in [3.05, 3.63) is 18.2 Å². The summed E-state index contributed by atoms with van der Waals surface area (Å²) in [5, 5.41) is 3.36. The van der Waals surface area contributed by atoms with Gasteiger partial charge in [0, 0.05) is 32.0 Å². The van der Waals surface area contributed by atoms with Crippen LogP contribution in [0.15, 0.2) is 18.2 Å². The van der Waals surface area contributed by atoms with Crippen LogP contribution in [0.2, 0.25) is 0 Å². The minimum atomic E-state index is 0.688. The molecule has 0 aliphatic carbocycles. The Morgan fingerprint density at radius 1 is 1.22 bits per heavy atom. The standard InChI is InChI=1S/C14H24N2O2/c1-3-9-18-14-11-12(6-7-13(14)15)16-8-4-5-10-17-2/h6-7,11,16H,3-5,8-10,15H2,1-2H3. The Kier molecular flexibility index (Phi) is 7.03. The van der Waals surface area contributed by atoms with Gasteiger partial charge < -0.3 is 20.5 Å². The summed E-state index contributed by atoms with van der Waals surface area (Å²) < 4.78 is 10.6. The van der Waals surface area contributed by atoms with Gasteiger partial charge in [0.25, 0.3) is 0 Å². The van der Waals surface area contributed by atoms with Gasteiger partial charge in [-0.25, -0.2) is 0 Å². The zero-order valence-corrected chi connectivity index (χ0v) is 11.4. The van der Waals surface area contributed by atoms with E-state index < -0.39 is 0 Å². The van der Waals surface area contributed by atoms with Crippen molar-refractivity contribution in [2.75, 3.05) is 37.9 Å². The quantitative estimate of drug-likeness (QED) is 0.524. The third-order valence-corrected chi connectivity index (χ3v) is 2.58. The van der Waals surface area contributed by atoms with Crippen LogP contribution >= 0.6 is 0 Å². The number of anilines is 2. The predicted molar refractivity (Wildman–Crippen MR) is 76.2 cm³/mol. The van der Waals surface area contributed by atoms with E-state index in [9.17, 15) is 0 Å². The van der Waals surface area contributed by atoms with Crippen molar-refractivity contribution >= 4 is 11.4 Å². The summed E-state index contributed by atoms with van der Waals surface area (Å²) >= 11 is 0. The van der Waals surface area contributed by atoms with E-state index in [0.29, 0.717) is 12.3 Å². The second-order valence-corrected chi connectivity index (χ2v) is 4.23. The summed E-state index contributed by atoms with van der Waals surface area (Å²) in [7, 11) is 1.73. The number of hydrogen-bond acceptors (Lipinski definition) is 4. The smallest absolute Gasteiger partial charge is 0.144 e. The average molecular weight is 252 g/mol. The van der Waals surface area contributed by atoms with Crippen molar-refractivity contribution in [1.82, 2.24) is 0 Å². The van der Waals surface area contributed by atoms with Crippen LogP contribution in [0.25, 0.3) is 0 Å². The molecule has 0 spiro atoms. The first-order chi connectivity index (χ1) is 8.77. The van der Waals surface area contributed by atoms with E-state index in [1.165, 1.54) is 0 Å². The van der Waals surface area contributed by atoms with Gasteiger partial charge in [0.05, 0.1) is 12.3 Å². The first kappa shape index (κ1) is 14.6. The Balaban J connectivity index is 2.40. The molecule has 0 aliphatic rings. The summed E-state index contributed by atoms with van der Waals surface area (Å²) in [6, 6.07) is 5.81. The van der Waals surface area contributed by atoms with Crippen molar-refractivity contribution in [1.29, 1.82) is 0 Å². The van der Waals surface area contributed by atoms with Gasteiger partial charge in [-0.15, -0.1) is 0 Å². The maximum Gasteiger partial charge on any atom is 0.144 e. The molecule has 0 bridgehead atoms. The number of ether oxygens (including phenoxy) is 2. The molecule has 4 nitrogen and oxygen atoms in total. The molecule has 0 radical (unpaired) electrons. The van der Waals surface area contributed by atoms with Crippen LogP contribution in [0.3, 0.4) is 0 Å². The number of nitrogens with two attached hydrogens (primary N) is 1. The monoisotopic (exact) mass is 252 g/mol. The van der Waals surface area contributed by atoms with E-state index in [1.807, 2.05) is 18.2 Å². The largest absolute Gasteiger partial charge is 0.491 e. The predicted octanol–water partition coefficient (Wildman–Crippen LogP) is 2.90. The van der Waals surface area contributed by atoms with Gasteiger partial charge in [-0.05, 0) is 31.4 Å². The molecule has 18 heavy (non-hydrogen) atoms. The molecule has 0 unspecified atom stereocenters. The molecule has 1 rings (SSSR count). The lowest BCUT2D eigenvalue weighted by atomic mass is 10.2. The fourth-order valence-corrected chi connectivity index (χ4v) is 1.59. The van der Waals surface area contributed by atoms with Crippen LogP contribution in [-0.2, 0) is 4.74 Å². The average Bonchev–Trinajstić information content (AvgIpc) is 2.39. The number of unbranched alkanes of at least 4 members (excludes halogenated alkanes) is 1. The highest BCUT2D eigenvalue weighted by Gasteiger charge is 2.01. The lowest BCUT2D eigenvalue weighted by molar-refractivity contribution is 0.194. The Morgan fingerprint density at radius 2 is 2.06 bits per heavy atom. The van der Waals surface area contributed by atoms with Crippen LogP contribution in [0.5, 0.6) is 5.75 Å². The highest BCUT2D eigenvalue weighted by atomic mass is 16.5. The summed E-state index contributed by atoms with van der Waals surface area (Å²) in [6.45, 7) is 4.52. The van der Waals surface area contributed by atoms with Crippen LogP contribution < -0.4 is 15.8 Å². The molecular formula is C14H24N2O2. The molecule has 0 saturated carbocycles. The number of rotatable bonds is 9. The third-order valence-electron chi connectivity index (χ3n) is 2.58. The van der Waals surface area contributed by atoms with Crippen LogP contribution in [0, 0.1) is 0 Å². The number of benzene rings is 1. The minimum Gasteiger partial charge on any atom is -0.491 e. The van der Waals surface area contributed by atoms with Gasteiger partial charge in [-0.3, -0.25) is 0 Å². The number of methoxy groups -OCH3 is 1. The zero-order chi connectivity index (χ0) is 13.2. The Morgan fingerprint density at radius 3 is 2.78 bits per heavy atom. The van der Waals surface area contributed by atoms with E-state index in [1.54, 1.807) is 7.11 Å². The van der Waals surface area contributed by atoms with Crippen molar-refractivity contribution in [2.45, 2.75) is 26.2 Å². The molecule has 1 aromatic carbocycles. The molecule has 1 aromatic rings. The summed E-state index contributed by atoms with van der Waals surface area (Å²) in [5.74, 6) is 0.763. The van der Waals surface area contributed by atoms with Crippen LogP contribution in [-0.4, -0.2) is 26.9 Å². The number of nitrogen functional groups attached to an aromatic ring is 1. The van der Waals surface area contributed by atoms with Crippen molar-refractivity contribution in [3.8, 4) is 5.75 Å². The first-order valence-corrected chi connectivity index (χ1v) is 6.53. The topological polar surface area (TPSA) is 56.5 Å². The van der Waals surface area contributed by atoms with E-state index >= 15 is 0 Å². The molecule has 0 saturated heterocycles. The summed E-state index contributed by atoms with van der Waals surface area (Å²) in [6.07, 6.45) is 3.13. The highest BCUT2D eigenvalue weighted by molar-refractivity contribution is 5.61. The molecule has 0 aliphatic heterocycles. The SMILES string of the molecule is CCCOc1cc(NCCCCOC)ccc1N. The summed E-state index contributed by atoms with van der Waals surface area (Å²) in [4.78, 5) is 0. The van der Waals surface area contributed by atoms with Gasteiger partial charge in [-0.1, -0.05) is 6.92 Å². The Hall–Kier alpha value is -1.42. The van der Waals surface area contributed by atoms with Crippen LogP contribution in [0.1, 0.15) is 26.2 Å². The van der Waals surface area contributed by atoms with Crippen molar-refractivity contribution in [2.24, 2.45) is 0 Å². The number of hydrogen-bond donors (Lipinski definition) is 2. The van der Waals surface area contributed by atoms with Gasteiger partial charge in [-0.2, -0.15) is 0 Å². The molecule has 4 heteroatoms. The second-order valence-electron chi connectivity index (χ2n) is 4.23. The normalized spacial score (nSPS) is 10.3. The van der Waals surface area contributed by atoms with Crippen molar-refractivity contribution in [3.63, 3.8) is 0 Å². The lowest BCUT2D eigenvalue weighted by Crippen LogP contribution is -2.04. The molecule has 0 heterocycles. The van der Waals surface area contributed by atoms with E-state index in [-0.39, 0.29) is 0 Å². The molecule has 0 atom stereocenters. The van der Waals surface area contributed by atoms with Gasteiger partial charge >= 0.3 is 0 Å². The minimum absolute atomic E-state index is 0.688. The Labute approximate surface area is 109 Å². The molecule has 0 fully saturated rings. The first-order valence-electron chi connectivity index (χ1n) is 6.53. The molecule has 102 valence electrons. The fraction of sp³-hybridized carbons (Fsp3) is 0.571. The van der Waals surface area contributed by atoms with Gasteiger partial charge in [0.2, 0.25) is 0 Å². The van der Waals surface area contributed by atoms with Crippen molar-refractivity contribution < 1.29 is 9.47 Å².